The molecule has 0 aliphatic heterocycles. The third-order valence-corrected chi connectivity index (χ3v) is 2.30. The van der Waals surface area contributed by atoms with E-state index >= 15 is 0 Å². The van der Waals surface area contributed by atoms with Crippen molar-refractivity contribution < 1.29 is 4.42 Å². The van der Waals surface area contributed by atoms with Crippen molar-refractivity contribution in [1.29, 1.82) is 0 Å². The lowest BCUT2D eigenvalue weighted by atomic mass is 10.1. The molecule has 2 heterocycles. The van der Waals surface area contributed by atoms with Crippen LogP contribution in [0.2, 0.25) is 0 Å². The van der Waals surface area contributed by atoms with Gasteiger partial charge in [0.05, 0.1) is 5.69 Å². The average Bonchev–Trinajstić information content (AvgIpc) is 2.78. The molecule has 0 unspecified atom stereocenters. The van der Waals surface area contributed by atoms with E-state index in [-0.39, 0.29) is 0 Å². The molecule has 0 radical (unpaired) electrons. The smallest absolute Gasteiger partial charge is 0.182 e. The Morgan fingerprint density at radius 3 is 2.67 bits per heavy atom. The van der Waals surface area contributed by atoms with E-state index in [1.165, 1.54) is 6.39 Å². The molecule has 0 amide bonds. The van der Waals surface area contributed by atoms with Crippen LogP contribution >= 0.6 is 0 Å². The number of rotatable bonds is 1. The number of fused-ring (bicyclic) bond motifs is 1. The van der Waals surface area contributed by atoms with Crippen molar-refractivity contribution in [1.82, 2.24) is 9.97 Å². The average molecular weight is 196 g/mol. The van der Waals surface area contributed by atoms with Gasteiger partial charge >= 0.3 is 0 Å². The van der Waals surface area contributed by atoms with Gasteiger partial charge < -0.3 is 4.42 Å². The molecule has 0 fully saturated rings. The maximum Gasteiger partial charge on any atom is 0.182 e. The lowest BCUT2D eigenvalue weighted by molar-refractivity contribution is 0.602. The predicted octanol–water partition coefficient (Wildman–Crippen LogP) is 2.89. The standard InChI is InChI=1S/C12H8N2O/c1-2-4-9(5-3-1)11-12-10(6-7-13-11)15-8-14-12/h1-8H. The summed E-state index contributed by atoms with van der Waals surface area (Å²) in [5.41, 5.74) is 3.49. The Morgan fingerprint density at radius 2 is 1.80 bits per heavy atom. The van der Waals surface area contributed by atoms with E-state index in [0.29, 0.717) is 0 Å². The van der Waals surface area contributed by atoms with Crippen molar-refractivity contribution >= 4 is 11.1 Å². The highest BCUT2D eigenvalue weighted by Crippen LogP contribution is 2.24. The van der Waals surface area contributed by atoms with Gasteiger partial charge in [0.15, 0.2) is 12.0 Å². The molecule has 0 N–H and O–H groups in total. The van der Waals surface area contributed by atoms with Crippen LogP contribution in [0, 0.1) is 0 Å². The summed E-state index contributed by atoms with van der Waals surface area (Å²) in [5, 5.41) is 0. The lowest BCUT2D eigenvalue weighted by Gasteiger charge is -1.99. The molecule has 2 aromatic heterocycles. The summed E-state index contributed by atoms with van der Waals surface area (Å²) >= 11 is 0. The second-order valence-electron chi connectivity index (χ2n) is 3.22. The van der Waals surface area contributed by atoms with Crippen molar-refractivity contribution in [3.63, 3.8) is 0 Å². The summed E-state index contributed by atoms with van der Waals surface area (Å²) in [6.07, 6.45) is 3.18. The van der Waals surface area contributed by atoms with Crippen LogP contribution in [-0.2, 0) is 0 Å². The molecule has 3 heteroatoms. The lowest BCUT2D eigenvalue weighted by Crippen LogP contribution is -1.84. The summed E-state index contributed by atoms with van der Waals surface area (Å²) in [4.78, 5) is 8.49. The zero-order chi connectivity index (χ0) is 10.1. The molecule has 0 aliphatic rings. The van der Waals surface area contributed by atoms with E-state index in [4.69, 9.17) is 4.42 Å². The largest absolute Gasteiger partial charge is 0.443 e. The van der Waals surface area contributed by atoms with E-state index in [2.05, 4.69) is 9.97 Å². The molecule has 0 saturated carbocycles. The maximum absolute atomic E-state index is 5.23. The fourth-order valence-corrected chi connectivity index (χ4v) is 1.60. The van der Waals surface area contributed by atoms with E-state index in [1.807, 2.05) is 36.4 Å². The van der Waals surface area contributed by atoms with Crippen molar-refractivity contribution in [2.75, 3.05) is 0 Å². The van der Waals surface area contributed by atoms with Gasteiger partial charge in [0, 0.05) is 17.8 Å². The maximum atomic E-state index is 5.23. The Hall–Kier alpha value is -2.16. The minimum Gasteiger partial charge on any atom is -0.443 e. The van der Waals surface area contributed by atoms with Gasteiger partial charge in [0.2, 0.25) is 0 Å². The molecular weight excluding hydrogens is 188 g/mol. The zero-order valence-electron chi connectivity index (χ0n) is 7.92. The number of aromatic nitrogens is 2. The summed E-state index contributed by atoms with van der Waals surface area (Å²) in [7, 11) is 0. The summed E-state index contributed by atoms with van der Waals surface area (Å²) < 4.78 is 5.23. The van der Waals surface area contributed by atoms with Gasteiger partial charge in [-0.3, -0.25) is 4.98 Å². The Balaban J connectivity index is 2.31. The zero-order valence-corrected chi connectivity index (χ0v) is 7.92. The van der Waals surface area contributed by atoms with Crippen molar-refractivity contribution in [2.24, 2.45) is 0 Å². The Kier molecular flexibility index (Phi) is 1.75. The van der Waals surface area contributed by atoms with E-state index in [9.17, 15) is 0 Å². The number of nitrogens with zero attached hydrogens (tertiary/aromatic N) is 2. The van der Waals surface area contributed by atoms with Crippen LogP contribution in [0.1, 0.15) is 0 Å². The predicted molar refractivity (Wildman–Crippen MR) is 57.2 cm³/mol. The van der Waals surface area contributed by atoms with Gasteiger partial charge in [0.1, 0.15) is 5.52 Å². The van der Waals surface area contributed by atoms with Crippen molar-refractivity contribution in [2.45, 2.75) is 0 Å². The number of oxazole rings is 1. The van der Waals surface area contributed by atoms with Crippen LogP contribution in [0.25, 0.3) is 22.4 Å². The fourth-order valence-electron chi connectivity index (χ4n) is 1.60. The van der Waals surface area contributed by atoms with Gasteiger partial charge in [-0.1, -0.05) is 30.3 Å². The Labute approximate surface area is 86.4 Å². The highest BCUT2D eigenvalue weighted by Gasteiger charge is 2.07. The minimum atomic E-state index is 0.767. The van der Waals surface area contributed by atoms with E-state index in [1.54, 1.807) is 6.20 Å². The van der Waals surface area contributed by atoms with E-state index in [0.717, 1.165) is 22.4 Å². The number of benzene rings is 1. The van der Waals surface area contributed by atoms with Crippen molar-refractivity contribution in [3.05, 3.63) is 49.0 Å². The summed E-state index contributed by atoms with van der Waals surface area (Å²) in [5.74, 6) is 0. The first-order valence-corrected chi connectivity index (χ1v) is 4.69. The van der Waals surface area contributed by atoms with Crippen molar-refractivity contribution in [3.8, 4) is 11.3 Å². The molecule has 3 aromatic rings. The molecule has 3 nitrogen and oxygen atoms in total. The molecule has 0 aliphatic carbocycles. The second kappa shape index (κ2) is 3.20. The highest BCUT2D eigenvalue weighted by atomic mass is 16.3. The normalized spacial score (nSPS) is 10.7. The van der Waals surface area contributed by atoms with Crippen LogP contribution < -0.4 is 0 Å². The number of hydrogen-bond acceptors (Lipinski definition) is 3. The third kappa shape index (κ3) is 1.29. The Morgan fingerprint density at radius 1 is 0.933 bits per heavy atom. The summed E-state index contributed by atoms with van der Waals surface area (Å²) in [6, 6.07) is 11.8. The van der Waals surface area contributed by atoms with Crippen LogP contribution in [-0.4, -0.2) is 9.97 Å². The minimum absolute atomic E-state index is 0.767. The topological polar surface area (TPSA) is 38.9 Å². The molecular formula is C12H8N2O. The van der Waals surface area contributed by atoms with Gasteiger partial charge in [-0.05, 0) is 0 Å². The quantitative estimate of drug-likeness (QED) is 0.600. The molecule has 1 aromatic carbocycles. The van der Waals surface area contributed by atoms with Crippen LogP contribution in [0.3, 0.4) is 0 Å². The molecule has 0 saturated heterocycles. The first-order valence-electron chi connectivity index (χ1n) is 4.69. The van der Waals surface area contributed by atoms with Crippen LogP contribution in [0.4, 0.5) is 0 Å². The SMILES string of the molecule is c1ccc(-c2nccc3ocnc23)cc1. The number of hydrogen-bond donors (Lipinski definition) is 0. The highest BCUT2D eigenvalue weighted by molar-refractivity contribution is 5.87. The fraction of sp³-hybridized carbons (Fsp3) is 0. The first-order chi connectivity index (χ1) is 7.45. The Bertz CT molecular complexity index is 587. The molecule has 72 valence electrons. The molecule has 0 atom stereocenters. The molecule has 15 heavy (non-hydrogen) atoms. The second-order valence-corrected chi connectivity index (χ2v) is 3.22. The van der Waals surface area contributed by atoms with Crippen LogP contribution in [0.15, 0.2) is 53.4 Å². The van der Waals surface area contributed by atoms with Gasteiger partial charge in [-0.15, -0.1) is 0 Å². The molecule has 0 bridgehead atoms. The van der Waals surface area contributed by atoms with Gasteiger partial charge in [0.25, 0.3) is 0 Å². The molecule has 3 rings (SSSR count). The van der Waals surface area contributed by atoms with Crippen LogP contribution in [0.5, 0.6) is 0 Å². The van der Waals surface area contributed by atoms with Gasteiger partial charge in [-0.2, -0.15) is 0 Å². The van der Waals surface area contributed by atoms with Gasteiger partial charge in [-0.25, -0.2) is 4.98 Å². The number of pyridine rings is 1. The molecule has 0 spiro atoms. The van der Waals surface area contributed by atoms with E-state index < -0.39 is 0 Å². The first kappa shape index (κ1) is 8.17. The summed E-state index contributed by atoms with van der Waals surface area (Å²) in [6.45, 7) is 0. The third-order valence-electron chi connectivity index (χ3n) is 2.30. The monoisotopic (exact) mass is 196 g/mol.